The summed E-state index contributed by atoms with van der Waals surface area (Å²) in [7, 11) is 1.52. The zero-order valence-electron chi connectivity index (χ0n) is 25.8. The molecule has 2 aromatic heterocycles. The number of nitrogens with zero attached hydrogens (tertiary/aromatic N) is 4. The molecule has 2 aromatic carbocycles. The summed E-state index contributed by atoms with van der Waals surface area (Å²) in [6.07, 6.45) is 2.85. The number of nitrogens with one attached hydrogen (secondary N) is 2. The molecule has 0 spiro atoms. The molecule has 4 aromatic rings. The summed E-state index contributed by atoms with van der Waals surface area (Å²) in [5.74, 6) is 0.531. The Morgan fingerprint density at radius 2 is 1.98 bits per heavy atom. The van der Waals surface area contributed by atoms with E-state index in [-0.39, 0.29) is 11.5 Å². The Morgan fingerprint density at radius 3 is 2.68 bits per heavy atom. The predicted molar refractivity (Wildman–Crippen MR) is 168 cm³/mol. The second-order valence-corrected chi connectivity index (χ2v) is 11.1. The van der Waals surface area contributed by atoms with Crippen LogP contribution in [-0.2, 0) is 24.4 Å². The molecule has 12 nitrogen and oxygen atoms in total. The molecule has 12 heteroatoms. The first kappa shape index (κ1) is 31.2. The highest BCUT2D eigenvalue weighted by atomic mass is 16.5. The summed E-state index contributed by atoms with van der Waals surface area (Å²) in [5.41, 5.74) is 16.4. The molecule has 5 rings (SSSR count). The average Bonchev–Trinajstić information content (AvgIpc) is 3.56. The van der Waals surface area contributed by atoms with E-state index >= 15 is 0 Å². The number of carbonyl (C=O) groups excluding carboxylic acids is 2. The number of nitrogens with two attached hydrogens (primary N) is 2. The van der Waals surface area contributed by atoms with Crippen LogP contribution < -0.4 is 31.5 Å². The number of hydrogen-bond acceptors (Lipinski definition) is 7. The third-order valence-electron chi connectivity index (χ3n) is 8.11. The van der Waals surface area contributed by atoms with E-state index in [1.165, 1.54) is 12.7 Å². The molecule has 1 aliphatic rings. The van der Waals surface area contributed by atoms with Crippen LogP contribution >= 0.6 is 0 Å². The van der Waals surface area contributed by atoms with Gasteiger partial charge in [-0.15, -0.1) is 4.68 Å². The molecule has 0 saturated carbocycles. The largest absolute Gasteiger partial charge is 0.494 e. The maximum atomic E-state index is 13.8. The van der Waals surface area contributed by atoms with E-state index < -0.39 is 5.91 Å². The van der Waals surface area contributed by atoms with E-state index in [0.29, 0.717) is 60.4 Å². The van der Waals surface area contributed by atoms with Gasteiger partial charge in [0.25, 0.3) is 5.69 Å². The summed E-state index contributed by atoms with van der Waals surface area (Å²) in [5, 5.41) is 6.61. The lowest BCUT2D eigenvalue weighted by Crippen LogP contribution is -2.47. The molecule has 1 aliphatic heterocycles. The molecule has 0 aliphatic carbocycles. The molecule has 3 heterocycles. The van der Waals surface area contributed by atoms with Gasteiger partial charge in [-0.1, -0.05) is 16.8 Å². The van der Waals surface area contributed by atoms with Crippen LogP contribution in [-0.4, -0.2) is 59.5 Å². The summed E-state index contributed by atoms with van der Waals surface area (Å²) in [6, 6.07) is 13.4. The predicted octanol–water partition coefficient (Wildman–Crippen LogP) is 2.67. The van der Waals surface area contributed by atoms with Crippen molar-refractivity contribution in [3.8, 4) is 11.4 Å². The number of aromatic nitrogens is 4. The number of benzene rings is 2. The van der Waals surface area contributed by atoms with Crippen LogP contribution in [0.4, 0.5) is 5.95 Å². The minimum Gasteiger partial charge on any atom is -0.494 e. The van der Waals surface area contributed by atoms with Crippen LogP contribution in [0.5, 0.6) is 5.75 Å². The number of primary amides is 1. The van der Waals surface area contributed by atoms with Gasteiger partial charge in [0.15, 0.2) is 6.54 Å². The van der Waals surface area contributed by atoms with Gasteiger partial charge >= 0.3 is 5.91 Å². The van der Waals surface area contributed by atoms with Crippen molar-refractivity contribution in [2.45, 2.75) is 52.7 Å². The molecule has 234 valence electrons. The molecular formula is C32H43N8O4+. The Labute approximate surface area is 257 Å². The Morgan fingerprint density at radius 1 is 1.18 bits per heavy atom. The van der Waals surface area contributed by atoms with Gasteiger partial charge in [0.05, 0.1) is 18.3 Å². The highest BCUT2D eigenvalue weighted by Crippen LogP contribution is 2.31. The van der Waals surface area contributed by atoms with Gasteiger partial charge in [0.2, 0.25) is 11.9 Å². The Kier molecular flexibility index (Phi) is 9.93. The van der Waals surface area contributed by atoms with Crippen LogP contribution in [0, 0.1) is 12.8 Å². The number of fused-ring (bicyclic) bond motifs is 1. The quantitative estimate of drug-likeness (QED) is 0.171. The highest BCUT2D eigenvalue weighted by molar-refractivity contribution is 6.03. The zero-order valence-corrected chi connectivity index (χ0v) is 25.8. The van der Waals surface area contributed by atoms with Crippen LogP contribution in [0.25, 0.3) is 16.7 Å². The van der Waals surface area contributed by atoms with E-state index in [2.05, 4.69) is 38.5 Å². The van der Waals surface area contributed by atoms with Crippen molar-refractivity contribution < 1.29 is 23.7 Å². The maximum absolute atomic E-state index is 13.8. The number of carbonyl (C=O) groups is 2. The first-order valence-corrected chi connectivity index (χ1v) is 15.2. The third kappa shape index (κ3) is 6.62. The molecule has 44 heavy (non-hydrogen) atoms. The fourth-order valence-electron chi connectivity index (χ4n) is 5.89. The highest BCUT2D eigenvalue weighted by Gasteiger charge is 2.29. The van der Waals surface area contributed by atoms with Gasteiger partial charge in [-0.25, -0.2) is 4.98 Å². The first-order chi connectivity index (χ1) is 21.3. The first-order valence-electron chi connectivity index (χ1n) is 15.2. The lowest BCUT2D eigenvalue weighted by molar-refractivity contribution is -0.765. The number of rotatable bonds is 13. The fourth-order valence-corrected chi connectivity index (χ4v) is 5.89. The number of aryl methyl sites for hydroxylation is 2. The van der Waals surface area contributed by atoms with Crippen molar-refractivity contribution in [3.05, 3.63) is 65.0 Å². The Hall–Kier alpha value is -4.26. The van der Waals surface area contributed by atoms with Crippen molar-refractivity contribution in [1.82, 2.24) is 19.5 Å². The summed E-state index contributed by atoms with van der Waals surface area (Å²) < 4.78 is 16.9. The van der Waals surface area contributed by atoms with E-state index in [0.717, 1.165) is 50.5 Å². The van der Waals surface area contributed by atoms with Crippen LogP contribution in [0.2, 0.25) is 0 Å². The van der Waals surface area contributed by atoms with Crippen molar-refractivity contribution in [2.24, 2.45) is 17.4 Å². The minimum atomic E-state index is -0.590. The number of amides is 2. The van der Waals surface area contributed by atoms with Crippen LogP contribution in [0.1, 0.15) is 58.3 Å². The number of ether oxygens (including phenoxy) is 2. The van der Waals surface area contributed by atoms with E-state index in [9.17, 15) is 9.59 Å². The van der Waals surface area contributed by atoms with Crippen molar-refractivity contribution >= 4 is 28.8 Å². The van der Waals surface area contributed by atoms with E-state index in [1.807, 2.05) is 35.2 Å². The lowest BCUT2D eigenvalue weighted by atomic mass is 10.0. The van der Waals surface area contributed by atoms with Crippen LogP contribution in [0.15, 0.2) is 42.5 Å². The minimum absolute atomic E-state index is 0.272. The van der Waals surface area contributed by atoms with Gasteiger partial charge in [0.1, 0.15) is 17.0 Å². The summed E-state index contributed by atoms with van der Waals surface area (Å²) in [6.45, 7) is 8.96. The zero-order chi connectivity index (χ0) is 31.2. The number of imidazole rings is 1. The SMILES string of the molecule is CC[n+]1c(C(=O)Nc2nc3cc(C(N)=O)cc(OC)c3n2CCCN)cc(C)n1-c1cccc(CNCC2CCOCC2)c1. The molecule has 1 fully saturated rings. The molecule has 0 bridgehead atoms. The molecule has 0 unspecified atom stereocenters. The molecule has 6 N–H and O–H groups in total. The summed E-state index contributed by atoms with van der Waals surface area (Å²) in [4.78, 5) is 30.4. The number of hydrogen-bond donors (Lipinski definition) is 4. The lowest BCUT2D eigenvalue weighted by Gasteiger charge is -2.22. The van der Waals surface area contributed by atoms with Gasteiger partial charge in [0, 0.05) is 37.9 Å². The molecule has 1 saturated heterocycles. The van der Waals surface area contributed by atoms with Crippen molar-refractivity contribution in [3.63, 3.8) is 0 Å². The normalized spacial score (nSPS) is 13.8. The standard InChI is InChI=1S/C32H42N8O4/c1-4-39-27(15-21(2)40(39)25-8-5-7-23(16-25)20-35-19-22-9-13-44-14-10-22)31(42)37-32-36-26-17-24(30(34)41)18-28(43-3)29(26)38(32)12-6-11-33/h5,7-8,15-18,22,35H,4,6,9-14,19-20,33H2,1-3H3,(H2-,34,36,37,41,42)/p+1. The molecule has 0 atom stereocenters. The number of anilines is 1. The molecule has 0 radical (unpaired) electrons. The average molecular weight is 604 g/mol. The Balaban J connectivity index is 1.42. The summed E-state index contributed by atoms with van der Waals surface area (Å²) >= 11 is 0. The van der Waals surface area contributed by atoms with Crippen molar-refractivity contribution in [1.29, 1.82) is 0 Å². The molecule has 2 amide bonds. The second kappa shape index (κ2) is 14.0. The van der Waals surface area contributed by atoms with E-state index in [1.54, 1.807) is 12.1 Å². The second-order valence-electron chi connectivity index (χ2n) is 11.1. The third-order valence-corrected chi connectivity index (χ3v) is 8.11. The van der Waals surface area contributed by atoms with Gasteiger partial charge in [-0.3, -0.25) is 14.9 Å². The van der Waals surface area contributed by atoms with Gasteiger partial charge < -0.3 is 30.8 Å². The van der Waals surface area contributed by atoms with Crippen LogP contribution in [0.3, 0.4) is 0 Å². The van der Waals surface area contributed by atoms with Gasteiger partial charge in [-0.2, -0.15) is 0 Å². The topological polar surface area (TPSA) is 155 Å². The van der Waals surface area contributed by atoms with Gasteiger partial charge in [-0.05, 0) is 81.9 Å². The van der Waals surface area contributed by atoms with Crippen molar-refractivity contribution in [2.75, 3.05) is 38.7 Å². The fraction of sp³-hybridized carbons (Fsp3) is 0.438. The number of methoxy groups -OCH3 is 1. The molecular weight excluding hydrogens is 560 g/mol. The monoisotopic (exact) mass is 603 g/mol. The smallest absolute Gasteiger partial charge is 0.325 e. The Bertz CT molecular complexity index is 1640. The maximum Gasteiger partial charge on any atom is 0.325 e. The van der Waals surface area contributed by atoms with E-state index in [4.69, 9.17) is 20.9 Å².